The summed E-state index contributed by atoms with van der Waals surface area (Å²) in [4.78, 5) is 6.31. The van der Waals surface area contributed by atoms with Gasteiger partial charge in [-0.2, -0.15) is 13.5 Å². The van der Waals surface area contributed by atoms with Crippen LogP contribution in [0.4, 0.5) is 0 Å². The van der Waals surface area contributed by atoms with Crippen LogP contribution in [0.5, 0.6) is 5.88 Å². The Kier molecular flexibility index (Phi) is 4.54. The zero-order valence-corrected chi connectivity index (χ0v) is 12.5. The number of pyridine rings is 1. The minimum absolute atomic E-state index is 0.165. The van der Waals surface area contributed by atoms with Crippen molar-refractivity contribution in [1.82, 2.24) is 9.82 Å². The first-order chi connectivity index (χ1) is 10.0. The van der Waals surface area contributed by atoms with Gasteiger partial charge in [0.05, 0.1) is 18.2 Å². The van der Waals surface area contributed by atoms with Crippen molar-refractivity contribution in [2.24, 2.45) is 5.10 Å². The molecule has 0 saturated heterocycles. The van der Waals surface area contributed by atoms with Gasteiger partial charge in [0.1, 0.15) is 0 Å². The van der Waals surface area contributed by atoms with Crippen molar-refractivity contribution in [3.05, 3.63) is 53.7 Å². The molecule has 0 radical (unpaired) electrons. The molecule has 2 rings (SSSR count). The lowest BCUT2D eigenvalue weighted by atomic mass is 10.2. The highest BCUT2D eigenvalue weighted by molar-refractivity contribution is 7.89. The van der Waals surface area contributed by atoms with Gasteiger partial charge in [-0.3, -0.25) is 0 Å². The van der Waals surface area contributed by atoms with E-state index < -0.39 is 10.0 Å². The van der Waals surface area contributed by atoms with Gasteiger partial charge in [-0.25, -0.2) is 9.82 Å². The van der Waals surface area contributed by atoms with Gasteiger partial charge in [-0.05, 0) is 25.1 Å². The van der Waals surface area contributed by atoms with Crippen LogP contribution < -0.4 is 9.57 Å². The Morgan fingerprint density at radius 3 is 2.48 bits per heavy atom. The molecule has 21 heavy (non-hydrogen) atoms. The van der Waals surface area contributed by atoms with E-state index in [1.54, 1.807) is 24.3 Å². The van der Waals surface area contributed by atoms with E-state index in [4.69, 9.17) is 4.74 Å². The number of sulfonamides is 1. The van der Waals surface area contributed by atoms with Crippen LogP contribution in [-0.4, -0.2) is 26.7 Å². The number of ether oxygens (including phenoxy) is 1. The summed E-state index contributed by atoms with van der Waals surface area (Å²) in [6.45, 7) is 1.89. The quantitative estimate of drug-likeness (QED) is 0.673. The van der Waals surface area contributed by atoms with Crippen molar-refractivity contribution in [2.75, 3.05) is 7.11 Å². The number of nitrogens with one attached hydrogen (secondary N) is 1. The predicted octanol–water partition coefficient (Wildman–Crippen LogP) is 1.71. The van der Waals surface area contributed by atoms with Crippen LogP contribution in [0, 0.1) is 6.92 Å². The third-order valence-electron chi connectivity index (χ3n) is 2.69. The van der Waals surface area contributed by atoms with Gasteiger partial charge in [0.25, 0.3) is 10.0 Å². The number of nitrogens with zero attached hydrogens (tertiary/aromatic N) is 2. The lowest BCUT2D eigenvalue weighted by molar-refractivity contribution is 0.398. The standard InChI is InChI=1S/C14H15N3O3S/c1-11-3-6-13(7-4-11)21(18,19)17-16-10-12-5-8-14(20-2)15-9-12/h3-10,17H,1-2H3/b16-10+. The molecule has 0 amide bonds. The molecular weight excluding hydrogens is 290 g/mol. The van der Waals surface area contributed by atoms with Crippen LogP contribution in [0.25, 0.3) is 0 Å². The van der Waals surface area contributed by atoms with E-state index in [2.05, 4.69) is 14.9 Å². The first kappa shape index (κ1) is 15.0. The molecule has 0 fully saturated rings. The van der Waals surface area contributed by atoms with Crippen LogP contribution in [-0.2, 0) is 10.0 Å². The summed E-state index contributed by atoms with van der Waals surface area (Å²) in [7, 11) is -2.13. The number of rotatable bonds is 5. The Balaban J connectivity index is 2.06. The molecule has 1 N–H and O–H groups in total. The Morgan fingerprint density at radius 2 is 1.90 bits per heavy atom. The zero-order valence-electron chi connectivity index (χ0n) is 11.6. The molecule has 1 aromatic heterocycles. The summed E-state index contributed by atoms with van der Waals surface area (Å²) in [6.07, 6.45) is 2.90. The fourth-order valence-corrected chi connectivity index (χ4v) is 2.32. The maximum atomic E-state index is 12.0. The second-order valence-electron chi connectivity index (χ2n) is 4.30. The van der Waals surface area contributed by atoms with Crippen LogP contribution >= 0.6 is 0 Å². The van der Waals surface area contributed by atoms with Crippen molar-refractivity contribution >= 4 is 16.2 Å². The summed E-state index contributed by atoms with van der Waals surface area (Å²) >= 11 is 0. The van der Waals surface area contributed by atoms with E-state index in [0.717, 1.165) is 5.56 Å². The molecule has 0 saturated carbocycles. The second-order valence-corrected chi connectivity index (χ2v) is 5.96. The Bertz CT molecular complexity index is 723. The highest BCUT2D eigenvalue weighted by Crippen LogP contribution is 2.09. The predicted molar refractivity (Wildman–Crippen MR) is 79.9 cm³/mol. The van der Waals surface area contributed by atoms with E-state index in [0.29, 0.717) is 11.4 Å². The van der Waals surface area contributed by atoms with Gasteiger partial charge in [0.2, 0.25) is 5.88 Å². The number of methoxy groups -OCH3 is 1. The summed E-state index contributed by atoms with van der Waals surface area (Å²) in [5.74, 6) is 0.479. The van der Waals surface area contributed by atoms with E-state index in [1.165, 1.54) is 31.7 Å². The lowest BCUT2D eigenvalue weighted by Crippen LogP contribution is -2.18. The van der Waals surface area contributed by atoms with Crippen LogP contribution in [0.15, 0.2) is 52.6 Å². The van der Waals surface area contributed by atoms with E-state index in [9.17, 15) is 8.42 Å². The molecular formula is C14H15N3O3S. The molecule has 0 unspecified atom stereocenters. The monoisotopic (exact) mass is 305 g/mol. The summed E-state index contributed by atoms with van der Waals surface area (Å²) in [6, 6.07) is 9.90. The van der Waals surface area contributed by atoms with Crippen LogP contribution in [0.3, 0.4) is 0 Å². The van der Waals surface area contributed by atoms with Gasteiger partial charge in [0.15, 0.2) is 0 Å². The molecule has 0 aliphatic rings. The van der Waals surface area contributed by atoms with Gasteiger partial charge in [-0.15, -0.1) is 0 Å². The lowest BCUT2D eigenvalue weighted by Gasteiger charge is -2.03. The number of benzene rings is 1. The van der Waals surface area contributed by atoms with Gasteiger partial charge < -0.3 is 4.74 Å². The van der Waals surface area contributed by atoms with Crippen molar-refractivity contribution in [1.29, 1.82) is 0 Å². The number of aromatic nitrogens is 1. The zero-order chi connectivity index (χ0) is 15.3. The van der Waals surface area contributed by atoms with E-state index in [1.807, 2.05) is 6.92 Å². The van der Waals surface area contributed by atoms with Crippen LogP contribution in [0.1, 0.15) is 11.1 Å². The Hall–Kier alpha value is -2.41. The molecule has 0 aliphatic heterocycles. The molecule has 1 aromatic carbocycles. The number of aryl methyl sites for hydroxylation is 1. The van der Waals surface area contributed by atoms with Crippen molar-refractivity contribution < 1.29 is 13.2 Å². The third kappa shape index (κ3) is 4.03. The van der Waals surface area contributed by atoms with Crippen molar-refractivity contribution in [3.8, 4) is 5.88 Å². The second kappa shape index (κ2) is 6.36. The number of hydrogen-bond acceptors (Lipinski definition) is 5. The molecule has 0 atom stereocenters. The summed E-state index contributed by atoms with van der Waals surface area (Å²) < 4.78 is 28.9. The minimum atomic E-state index is -3.65. The highest BCUT2D eigenvalue weighted by atomic mass is 32.2. The molecule has 0 aliphatic carbocycles. The number of hydrogen-bond donors (Lipinski definition) is 1. The van der Waals surface area contributed by atoms with Crippen LogP contribution in [0.2, 0.25) is 0 Å². The average molecular weight is 305 g/mol. The topological polar surface area (TPSA) is 80.6 Å². The Labute approximate surface area is 123 Å². The van der Waals surface area contributed by atoms with Crippen molar-refractivity contribution in [3.63, 3.8) is 0 Å². The van der Waals surface area contributed by atoms with Gasteiger partial charge in [-0.1, -0.05) is 17.7 Å². The van der Waals surface area contributed by atoms with Gasteiger partial charge >= 0.3 is 0 Å². The minimum Gasteiger partial charge on any atom is -0.481 e. The molecule has 0 bridgehead atoms. The average Bonchev–Trinajstić information content (AvgIpc) is 2.48. The third-order valence-corrected chi connectivity index (χ3v) is 3.92. The summed E-state index contributed by atoms with van der Waals surface area (Å²) in [5, 5.41) is 3.72. The fraction of sp³-hybridized carbons (Fsp3) is 0.143. The maximum Gasteiger partial charge on any atom is 0.276 e. The summed E-state index contributed by atoms with van der Waals surface area (Å²) in [5.41, 5.74) is 1.64. The van der Waals surface area contributed by atoms with E-state index in [-0.39, 0.29) is 4.90 Å². The Morgan fingerprint density at radius 1 is 1.19 bits per heavy atom. The molecule has 110 valence electrons. The number of hydrazone groups is 1. The van der Waals surface area contributed by atoms with Crippen molar-refractivity contribution in [2.45, 2.75) is 11.8 Å². The smallest absolute Gasteiger partial charge is 0.276 e. The van der Waals surface area contributed by atoms with E-state index >= 15 is 0 Å². The molecule has 2 aromatic rings. The first-order valence-corrected chi connectivity index (χ1v) is 7.61. The molecule has 0 spiro atoms. The SMILES string of the molecule is COc1ccc(/C=N/NS(=O)(=O)c2ccc(C)cc2)cn1. The maximum absolute atomic E-state index is 12.0. The fourth-order valence-electron chi connectivity index (χ4n) is 1.53. The largest absolute Gasteiger partial charge is 0.481 e. The highest BCUT2D eigenvalue weighted by Gasteiger charge is 2.11. The normalized spacial score (nSPS) is 11.5. The molecule has 6 nitrogen and oxygen atoms in total. The first-order valence-electron chi connectivity index (χ1n) is 6.13. The molecule has 7 heteroatoms. The van der Waals surface area contributed by atoms with Gasteiger partial charge in [0, 0.05) is 17.8 Å². The molecule has 1 heterocycles.